The van der Waals surface area contributed by atoms with Crippen LogP contribution in [0.1, 0.15) is 29.9 Å². The lowest BCUT2D eigenvalue weighted by atomic mass is 10.1. The Morgan fingerprint density at radius 3 is 2.53 bits per heavy atom. The molecule has 0 radical (unpaired) electrons. The molecule has 0 bridgehead atoms. The van der Waals surface area contributed by atoms with Gasteiger partial charge >= 0.3 is 12.2 Å². The van der Waals surface area contributed by atoms with E-state index >= 15 is 0 Å². The molecule has 30 heavy (non-hydrogen) atoms. The number of alkyl halides is 3. The number of amides is 2. The number of benzene rings is 1. The number of aromatic nitrogens is 5. The number of methoxy groups -OCH3 is 1. The number of urea groups is 1. The smallest absolute Gasteiger partial charge is 0.420 e. The van der Waals surface area contributed by atoms with E-state index in [1.807, 2.05) is 0 Å². The summed E-state index contributed by atoms with van der Waals surface area (Å²) in [6, 6.07) is 2.33. The molecular formula is C18H18F3N7O2. The number of rotatable bonds is 5. The van der Waals surface area contributed by atoms with Crippen LogP contribution in [0, 0.1) is 6.92 Å². The van der Waals surface area contributed by atoms with Crippen molar-refractivity contribution >= 4 is 11.7 Å². The molecule has 12 heteroatoms. The molecule has 0 aliphatic heterocycles. The predicted molar refractivity (Wildman–Crippen MR) is 100 cm³/mol. The number of hydrogen-bond donors (Lipinski definition) is 2. The number of carbonyl (C=O) groups is 1. The van der Waals surface area contributed by atoms with Crippen molar-refractivity contribution in [1.82, 2.24) is 30.0 Å². The highest BCUT2D eigenvalue weighted by Crippen LogP contribution is 2.39. The molecule has 1 atom stereocenters. The van der Waals surface area contributed by atoms with Gasteiger partial charge in [0.2, 0.25) is 0 Å². The number of halogens is 3. The van der Waals surface area contributed by atoms with E-state index in [1.54, 1.807) is 19.9 Å². The summed E-state index contributed by atoms with van der Waals surface area (Å²) in [6.07, 6.45) is -0.289. The molecule has 2 N–H and O–H groups in total. The third-order valence-corrected chi connectivity index (χ3v) is 4.15. The summed E-state index contributed by atoms with van der Waals surface area (Å²) >= 11 is 0. The molecule has 0 saturated heterocycles. The van der Waals surface area contributed by atoms with E-state index < -0.39 is 23.8 Å². The van der Waals surface area contributed by atoms with Gasteiger partial charge in [-0.15, -0.1) is 0 Å². The molecule has 0 fully saturated rings. The van der Waals surface area contributed by atoms with Gasteiger partial charge in [0.05, 0.1) is 18.7 Å². The number of anilines is 1. The SMILES string of the molecule is COc1cc(C)c(NC(=O)N[C@@H](C)c2ncnn2-c2ncccn2)cc1C(F)(F)F. The van der Waals surface area contributed by atoms with Crippen LogP contribution in [0.25, 0.3) is 5.95 Å². The lowest BCUT2D eigenvalue weighted by Crippen LogP contribution is -2.33. The Kier molecular flexibility index (Phi) is 5.85. The lowest BCUT2D eigenvalue weighted by Gasteiger charge is -2.18. The molecule has 3 rings (SSSR count). The van der Waals surface area contributed by atoms with Gasteiger partial charge in [-0.25, -0.2) is 19.7 Å². The van der Waals surface area contributed by atoms with Crippen LogP contribution in [0.4, 0.5) is 23.7 Å². The fourth-order valence-electron chi connectivity index (χ4n) is 2.73. The first-order chi connectivity index (χ1) is 14.2. The van der Waals surface area contributed by atoms with E-state index in [1.165, 1.54) is 29.5 Å². The van der Waals surface area contributed by atoms with E-state index in [9.17, 15) is 18.0 Å². The molecule has 0 spiro atoms. The molecule has 2 heterocycles. The highest BCUT2D eigenvalue weighted by atomic mass is 19.4. The second-order valence-corrected chi connectivity index (χ2v) is 6.26. The van der Waals surface area contributed by atoms with Crippen molar-refractivity contribution in [2.45, 2.75) is 26.1 Å². The minimum atomic E-state index is -4.63. The quantitative estimate of drug-likeness (QED) is 0.655. The van der Waals surface area contributed by atoms with Gasteiger partial charge in [-0.3, -0.25) is 0 Å². The first-order valence-corrected chi connectivity index (χ1v) is 8.71. The monoisotopic (exact) mass is 421 g/mol. The second-order valence-electron chi connectivity index (χ2n) is 6.26. The zero-order valence-corrected chi connectivity index (χ0v) is 16.2. The lowest BCUT2D eigenvalue weighted by molar-refractivity contribution is -0.138. The van der Waals surface area contributed by atoms with Crippen LogP contribution in [0.3, 0.4) is 0 Å². The molecule has 0 saturated carbocycles. The van der Waals surface area contributed by atoms with Crippen molar-refractivity contribution in [3.8, 4) is 11.7 Å². The summed E-state index contributed by atoms with van der Waals surface area (Å²) < 4.78 is 45.9. The van der Waals surface area contributed by atoms with Crippen LogP contribution in [-0.2, 0) is 6.18 Å². The molecule has 2 aromatic heterocycles. The maximum atomic E-state index is 13.2. The van der Waals surface area contributed by atoms with E-state index in [-0.39, 0.29) is 17.4 Å². The van der Waals surface area contributed by atoms with Crippen LogP contribution in [0.5, 0.6) is 5.75 Å². The Labute approximate surface area is 169 Å². The number of carbonyl (C=O) groups excluding carboxylic acids is 1. The molecule has 0 aliphatic rings. The van der Waals surface area contributed by atoms with Crippen LogP contribution >= 0.6 is 0 Å². The molecule has 0 aliphatic carbocycles. The van der Waals surface area contributed by atoms with Crippen molar-refractivity contribution in [3.63, 3.8) is 0 Å². The molecular weight excluding hydrogens is 403 g/mol. The molecule has 2 amide bonds. The first-order valence-electron chi connectivity index (χ1n) is 8.71. The Morgan fingerprint density at radius 2 is 1.90 bits per heavy atom. The van der Waals surface area contributed by atoms with E-state index in [4.69, 9.17) is 4.74 Å². The van der Waals surface area contributed by atoms with Crippen molar-refractivity contribution < 1.29 is 22.7 Å². The number of aryl methyl sites for hydroxylation is 1. The molecule has 0 unspecified atom stereocenters. The normalized spacial score (nSPS) is 12.3. The summed E-state index contributed by atoms with van der Waals surface area (Å²) in [4.78, 5) is 24.7. The summed E-state index contributed by atoms with van der Waals surface area (Å²) in [7, 11) is 1.15. The van der Waals surface area contributed by atoms with Crippen LogP contribution < -0.4 is 15.4 Å². The van der Waals surface area contributed by atoms with Gasteiger partial charge < -0.3 is 15.4 Å². The summed E-state index contributed by atoms with van der Waals surface area (Å²) in [5.41, 5.74) is -0.580. The van der Waals surface area contributed by atoms with Crippen molar-refractivity contribution in [1.29, 1.82) is 0 Å². The Hall–Kier alpha value is -3.70. The van der Waals surface area contributed by atoms with Crippen LogP contribution in [0.2, 0.25) is 0 Å². The average molecular weight is 421 g/mol. The van der Waals surface area contributed by atoms with Crippen LogP contribution in [-0.4, -0.2) is 37.9 Å². The fraction of sp³-hybridized carbons (Fsp3) is 0.278. The summed E-state index contributed by atoms with van der Waals surface area (Å²) in [5, 5.41) is 9.09. The molecule has 158 valence electrons. The van der Waals surface area contributed by atoms with E-state index in [0.29, 0.717) is 11.4 Å². The minimum Gasteiger partial charge on any atom is -0.496 e. The molecule has 9 nitrogen and oxygen atoms in total. The number of nitrogens with one attached hydrogen (secondary N) is 2. The highest BCUT2D eigenvalue weighted by Gasteiger charge is 2.35. The van der Waals surface area contributed by atoms with Gasteiger partial charge in [0.1, 0.15) is 12.1 Å². The minimum absolute atomic E-state index is 0.000634. The van der Waals surface area contributed by atoms with Gasteiger partial charge in [-0.2, -0.15) is 23.0 Å². The van der Waals surface area contributed by atoms with Crippen LogP contribution in [0.15, 0.2) is 36.9 Å². The van der Waals surface area contributed by atoms with Crippen molar-refractivity contribution in [2.75, 3.05) is 12.4 Å². The second kappa shape index (κ2) is 8.35. The third kappa shape index (κ3) is 4.47. The van der Waals surface area contributed by atoms with Gasteiger partial charge in [-0.1, -0.05) is 0 Å². The van der Waals surface area contributed by atoms with Crippen molar-refractivity contribution in [2.24, 2.45) is 0 Å². The van der Waals surface area contributed by atoms with Gasteiger partial charge in [0, 0.05) is 18.1 Å². The average Bonchev–Trinajstić information content (AvgIpc) is 3.19. The predicted octanol–water partition coefficient (Wildman–Crippen LogP) is 3.28. The maximum absolute atomic E-state index is 13.2. The zero-order chi connectivity index (χ0) is 21.9. The standard InChI is InChI=1S/C18H18F3N7O2/c1-10-7-14(30-3)12(18(19,20)21)8-13(10)27-17(29)26-11(2)15-24-9-25-28(15)16-22-5-4-6-23-16/h4-9,11H,1-3H3,(H2,26,27,29)/t11-/m0/s1. The van der Waals surface area contributed by atoms with Gasteiger partial charge in [-0.05, 0) is 37.6 Å². The fourth-order valence-corrected chi connectivity index (χ4v) is 2.73. The number of nitrogens with zero attached hydrogens (tertiary/aromatic N) is 5. The Balaban J connectivity index is 1.78. The summed E-state index contributed by atoms with van der Waals surface area (Å²) in [6.45, 7) is 3.20. The topological polar surface area (TPSA) is 107 Å². The Bertz CT molecular complexity index is 1040. The molecule has 3 aromatic rings. The van der Waals surface area contributed by atoms with Gasteiger partial charge in [0.15, 0.2) is 5.82 Å². The number of ether oxygens (including phenoxy) is 1. The largest absolute Gasteiger partial charge is 0.496 e. The highest BCUT2D eigenvalue weighted by molar-refractivity contribution is 5.90. The van der Waals surface area contributed by atoms with Crippen molar-refractivity contribution in [3.05, 3.63) is 53.9 Å². The number of hydrogen-bond acceptors (Lipinski definition) is 6. The van der Waals surface area contributed by atoms with E-state index in [0.717, 1.165) is 13.2 Å². The third-order valence-electron chi connectivity index (χ3n) is 4.15. The van der Waals surface area contributed by atoms with Gasteiger partial charge in [0.25, 0.3) is 5.95 Å². The Morgan fingerprint density at radius 1 is 1.20 bits per heavy atom. The zero-order valence-electron chi connectivity index (χ0n) is 16.2. The first kappa shape index (κ1) is 21.0. The summed E-state index contributed by atoms with van der Waals surface area (Å²) in [5.74, 6) is 0.286. The molecule has 1 aromatic carbocycles. The maximum Gasteiger partial charge on any atom is 0.420 e. The van der Waals surface area contributed by atoms with E-state index in [2.05, 4.69) is 30.7 Å².